The summed E-state index contributed by atoms with van der Waals surface area (Å²) in [4.78, 5) is 0. The van der Waals surface area contributed by atoms with E-state index in [-0.39, 0.29) is 29.6 Å². The molecule has 4 aliphatic carbocycles. The van der Waals surface area contributed by atoms with Gasteiger partial charge in [0, 0.05) is 12.0 Å². The summed E-state index contributed by atoms with van der Waals surface area (Å²) in [6, 6.07) is 0. The van der Waals surface area contributed by atoms with Gasteiger partial charge in [0.05, 0.1) is 12.2 Å². The van der Waals surface area contributed by atoms with Crippen molar-refractivity contribution in [1.29, 1.82) is 0 Å². The van der Waals surface area contributed by atoms with E-state index in [1.807, 2.05) is 0 Å². The maximum atomic E-state index is 11.5. The molecule has 154 valence electrons. The van der Waals surface area contributed by atoms with Gasteiger partial charge in [-0.05, 0) is 92.8 Å². The third-order valence-electron chi connectivity index (χ3n) is 9.74. The average Bonchev–Trinajstić information content (AvgIpc) is 3.00. The van der Waals surface area contributed by atoms with E-state index in [0.29, 0.717) is 29.6 Å². The standard InChI is InChI=1S/C24H40O3/c1-15(5-4-12-25)19-8-9-20-18-7-6-16-13-17(26)10-11-23(16,2)21(18)14-22(27)24(19,20)3/h7,15-17,19-22,25-27H,4-6,8-14H2,1-3H3/t15-,16-,17-,19-,20+,21+,22+,23+,24-/m1/s1. The van der Waals surface area contributed by atoms with Crippen molar-refractivity contribution < 1.29 is 15.3 Å². The molecule has 0 unspecified atom stereocenters. The van der Waals surface area contributed by atoms with Crippen LogP contribution >= 0.6 is 0 Å². The topological polar surface area (TPSA) is 60.7 Å². The van der Waals surface area contributed by atoms with Gasteiger partial charge in [-0.3, -0.25) is 0 Å². The number of aliphatic hydroxyl groups is 3. The highest BCUT2D eigenvalue weighted by atomic mass is 16.3. The first-order valence-corrected chi connectivity index (χ1v) is 11.5. The Morgan fingerprint density at radius 1 is 1.11 bits per heavy atom. The van der Waals surface area contributed by atoms with Gasteiger partial charge in [0.15, 0.2) is 0 Å². The van der Waals surface area contributed by atoms with Crippen molar-refractivity contribution in [3.63, 3.8) is 0 Å². The van der Waals surface area contributed by atoms with Gasteiger partial charge in [0.2, 0.25) is 0 Å². The predicted molar refractivity (Wildman–Crippen MR) is 108 cm³/mol. The quantitative estimate of drug-likeness (QED) is 0.641. The van der Waals surface area contributed by atoms with Crippen LogP contribution in [0.5, 0.6) is 0 Å². The summed E-state index contributed by atoms with van der Waals surface area (Å²) in [6.45, 7) is 7.43. The van der Waals surface area contributed by atoms with Crippen LogP contribution in [0.3, 0.4) is 0 Å². The van der Waals surface area contributed by atoms with Crippen molar-refractivity contribution in [3.05, 3.63) is 11.6 Å². The third-order valence-corrected chi connectivity index (χ3v) is 9.74. The molecule has 0 radical (unpaired) electrons. The lowest BCUT2D eigenvalue weighted by molar-refractivity contribution is -0.102. The van der Waals surface area contributed by atoms with E-state index in [4.69, 9.17) is 0 Å². The van der Waals surface area contributed by atoms with Gasteiger partial charge in [-0.2, -0.15) is 0 Å². The summed E-state index contributed by atoms with van der Waals surface area (Å²) < 4.78 is 0. The van der Waals surface area contributed by atoms with Gasteiger partial charge in [-0.1, -0.05) is 32.4 Å². The fourth-order valence-corrected chi connectivity index (χ4v) is 8.03. The van der Waals surface area contributed by atoms with Crippen LogP contribution in [0.15, 0.2) is 11.6 Å². The van der Waals surface area contributed by atoms with Crippen molar-refractivity contribution in [1.82, 2.24) is 0 Å². The highest BCUT2D eigenvalue weighted by Gasteiger charge is 2.61. The number of hydrogen-bond acceptors (Lipinski definition) is 3. The van der Waals surface area contributed by atoms with Crippen LogP contribution < -0.4 is 0 Å². The summed E-state index contributed by atoms with van der Waals surface area (Å²) in [7, 11) is 0. The molecule has 0 aliphatic heterocycles. The molecule has 0 aromatic carbocycles. The minimum atomic E-state index is -0.226. The molecule has 0 aromatic heterocycles. The van der Waals surface area contributed by atoms with Crippen molar-refractivity contribution in [2.75, 3.05) is 6.61 Å². The lowest BCUT2D eigenvalue weighted by atomic mass is 9.47. The highest BCUT2D eigenvalue weighted by Crippen LogP contribution is 2.66. The predicted octanol–water partition coefficient (Wildman–Crippen LogP) is 4.31. The van der Waals surface area contributed by atoms with Gasteiger partial charge >= 0.3 is 0 Å². The maximum Gasteiger partial charge on any atom is 0.0608 e. The Bertz CT molecular complexity index is 586. The molecule has 27 heavy (non-hydrogen) atoms. The molecule has 4 aliphatic rings. The maximum absolute atomic E-state index is 11.5. The summed E-state index contributed by atoms with van der Waals surface area (Å²) in [6.07, 6.45) is 11.6. The molecule has 9 atom stereocenters. The zero-order chi connectivity index (χ0) is 19.4. The summed E-state index contributed by atoms with van der Waals surface area (Å²) in [5.74, 6) is 2.73. The van der Waals surface area contributed by atoms with E-state index in [9.17, 15) is 15.3 Å². The molecule has 3 nitrogen and oxygen atoms in total. The second kappa shape index (κ2) is 7.15. The number of hydrogen-bond donors (Lipinski definition) is 3. The van der Waals surface area contributed by atoms with E-state index < -0.39 is 0 Å². The van der Waals surface area contributed by atoms with Crippen LogP contribution in [-0.2, 0) is 0 Å². The molecule has 3 saturated carbocycles. The molecule has 0 heterocycles. The van der Waals surface area contributed by atoms with E-state index in [1.54, 1.807) is 5.57 Å². The average molecular weight is 377 g/mol. The zero-order valence-corrected chi connectivity index (χ0v) is 17.5. The second-order valence-corrected chi connectivity index (χ2v) is 10.8. The SMILES string of the molecule is C[C@H](CCCO)[C@H]1CC[C@H]2C3=CC[C@@H]4C[C@H](O)CC[C@]4(C)[C@H]3C[C@H](O)[C@]12C. The van der Waals surface area contributed by atoms with Gasteiger partial charge in [-0.15, -0.1) is 0 Å². The Hall–Kier alpha value is -0.380. The summed E-state index contributed by atoms with van der Waals surface area (Å²) >= 11 is 0. The number of allylic oxidation sites excluding steroid dienone is 2. The smallest absolute Gasteiger partial charge is 0.0608 e. The monoisotopic (exact) mass is 376 g/mol. The van der Waals surface area contributed by atoms with Gasteiger partial charge in [-0.25, -0.2) is 0 Å². The molecule has 0 spiro atoms. The van der Waals surface area contributed by atoms with Gasteiger partial charge in [0.25, 0.3) is 0 Å². The molecule has 3 N–H and O–H groups in total. The minimum absolute atomic E-state index is 0.00537. The fraction of sp³-hybridized carbons (Fsp3) is 0.917. The third kappa shape index (κ3) is 2.95. The van der Waals surface area contributed by atoms with Crippen LogP contribution in [0, 0.1) is 40.4 Å². The van der Waals surface area contributed by atoms with Crippen LogP contribution in [0.4, 0.5) is 0 Å². The van der Waals surface area contributed by atoms with Gasteiger partial charge < -0.3 is 15.3 Å². The Morgan fingerprint density at radius 2 is 1.89 bits per heavy atom. The summed E-state index contributed by atoms with van der Waals surface area (Å²) in [5, 5.41) is 30.9. The van der Waals surface area contributed by atoms with E-state index >= 15 is 0 Å². The first kappa shape index (κ1) is 19.9. The zero-order valence-electron chi connectivity index (χ0n) is 17.5. The number of aliphatic hydroxyl groups excluding tert-OH is 3. The molecule has 0 saturated heterocycles. The van der Waals surface area contributed by atoms with E-state index in [2.05, 4.69) is 26.8 Å². The lowest BCUT2D eigenvalue weighted by Gasteiger charge is -2.59. The summed E-state index contributed by atoms with van der Waals surface area (Å²) in [5.41, 5.74) is 1.91. The van der Waals surface area contributed by atoms with Crippen molar-refractivity contribution in [3.8, 4) is 0 Å². The van der Waals surface area contributed by atoms with Crippen LogP contribution in [0.25, 0.3) is 0 Å². The van der Waals surface area contributed by atoms with E-state index in [1.165, 1.54) is 12.8 Å². The molecule has 3 heteroatoms. The normalized spacial score (nSPS) is 50.4. The van der Waals surface area contributed by atoms with Crippen molar-refractivity contribution >= 4 is 0 Å². The molecule has 3 fully saturated rings. The first-order chi connectivity index (χ1) is 12.8. The van der Waals surface area contributed by atoms with Crippen molar-refractivity contribution in [2.45, 2.75) is 90.8 Å². The minimum Gasteiger partial charge on any atom is -0.396 e. The van der Waals surface area contributed by atoms with E-state index in [0.717, 1.165) is 44.9 Å². The largest absolute Gasteiger partial charge is 0.396 e. The Labute approximate surface area is 165 Å². The Kier molecular flexibility index (Phi) is 5.27. The highest BCUT2D eigenvalue weighted by molar-refractivity contribution is 5.29. The molecule has 0 amide bonds. The Balaban J connectivity index is 1.62. The number of fused-ring (bicyclic) bond motifs is 5. The second-order valence-electron chi connectivity index (χ2n) is 10.8. The van der Waals surface area contributed by atoms with Crippen LogP contribution in [0.1, 0.15) is 78.6 Å². The molecule has 0 bridgehead atoms. The lowest BCUT2D eigenvalue weighted by Crippen LogP contribution is -2.55. The van der Waals surface area contributed by atoms with Crippen LogP contribution in [0.2, 0.25) is 0 Å². The Morgan fingerprint density at radius 3 is 2.63 bits per heavy atom. The molecule has 4 rings (SSSR count). The molecular weight excluding hydrogens is 336 g/mol. The molecular formula is C24H40O3. The molecule has 0 aromatic rings. The van der Waals surface area contributed by atoms with Crippen molar-refractivity contribution in [2.24, 2.45) is 40.4 Å². The fourth-order valence-electron chi connectivity index (χ4n) is 8.03. The van der Waals surface area contributed by atoms with Crippen LogP contribution in [-0.4, -0.2) is 34.1 Å². The van der Waals surface area contributed by atoms with Gasteiger partial charge in [0.1, 0.15) is 0 Å². The first-order valence-electron chi connectivity index (χ1n) is 11.5. The number of rotatable bonds is 4.